The number of rotatable bonds is 4. The number of benzene rings is 2. The van der Waals surface area contributed by atoms with Crippen LogP contribution in [0.15, 0.2) is 63.9 Å². The van der Waals surface area contributed by atoms with Crippen LogP contribution in [0.3, 0.4) is 0 Å². The lowest BCUT2D eigenvalue weighted by Crippen LogP contribution is -2.41. The Bertz CT molecular complexity index is 846. The molecule has 1 fully saturated rings. The summed E-state index contributed by atoms with van der Waals surface area (Å²) in [7, 11) is 1.62. The maximum Gasteiger partial charge on any atom is 0.348 e. The van der Waals surface area contributed by atoms with Gasteiger partial charge in [-0.05, 0) is 42.0 Å². The van der Waals surface area contributed by atoms with Gasteiger partial charge in [-0.1, -0.05) is 30.0 Å². The Morgan fingerprint density at radius 2 is 1.58 bits per heavy atom. The van der Waals surface area contributed by atoms with Crippen molar-refractivity contribution in [2.24, 2.45) is 0 Å². The van der Waals surface area contributed by atoms with E-state index in [1.54, 1.807) is 7.11 Å². The molecule has 0 unspecified atom stereocenters. The molecule has 1 saturated heterocycles. The fourth-order valence-corrected chi connectivity index (χ4v) is 3.31. The molecule has 0 N–H and O–H groups in total. The average molecular weight is 370 g/mol. The fraction of sp³-hybridized carbons (Fsp3) is 0.200. The molecule has 134 valence electrons. The molecule has 0 spiro atoms. The van der Waals surface area contributed by atoms with Gasteiger partial charge in [0.2, 0.25) is 0 Å². The van der Waals surface area contributed by atoms with Crippen LogP contribution in [0.5, 0.6) is 5.75 Å². The molecule has 3 rings (SSSR count). The van der Waals surface area contributed by atoms with Gasteiger partial charge >= 0.3 is 11.9 Å². The van der Waals surface area contributed by atoms with Crippen molar-refractivity contribution in [1.29, 1.82) is 0 Å². The molecule has 0 aliphatic carbocycles. The quantitative estimate of drug-likeness (QED) is 0.459. The van der Waals surface area contributed by atoms with E-state index < -0.39 is 17.7 Å². The highest BCUT2D eigenvalue weighted by Gasteiger charge is 2.38. The van der Waals surface area contributed by atoms with E-state index in [1.165, 1.54) is 31.7 Å². The molecular formula is C20H18O5S. The molecule has 1 heterocycles. The zero-order chi connectivity index (χ0) is 18.7. The van der Waals surface area contributed by atoms with E-state index in [0.717, 1.165) is 21.1 Å². The Hall–Kier alpha value is -2.73. The van der Waals surface area contributed by atoms with Gasteiger partial charge in [-0.2, -0.15) is 0 Å². The topological polar surface area (TPSA) is 61.8 Å². The van der Waals surface area contributed by atoms with Crippen molar-refractivity contribution in [3.63, 3.8) is 0 Å². The van der Waals surface area contributed by atoms with E-state index in [0.29, 0.717) is 0 Å². The molecule has 2 aromatic rings. The van der Waals surface area contributed by atoms with Gasteiger partial charge in [0.05, 0.1) is 7.11 Å². The van der Waals surface area contributed by atoms with Crippen LogP contribution in [0.2, 0.25) is 0 Å². The van der Waals surface area contributed by atoms with Crippen molar-refractivity contribution in [3.05, 3.63) is 59.7 Å². The number of carbonyl (C=O) groups is 2. The Morgan fingerprint density at radius 3 is 2.19 bits per heavy atom. The van der Waals surface area contributed by atoms with Gasteiger partial charge in [0.15, 0.2) is 0 Å². The normalized spacial score (nSPS) is 15.9. The Balaban J connectivity index is 1.89. The number of hydrogen-bond acceptors (Lipinski definition) is 6. The minimum Gasteiger partial charge on any atom is -0.497 e. The van der Waals surface area contributed by atoms with Crippen LogP contribution in [0.1, 0.15) is 19.4 Å². The summed E-state index contributed by atoms with van der Waals surface area (Å²) in [5.41, 5.74) is 0.615. The second kappa shape index (κ2) is 7.25. The number of cyclic esters (lactones) is 2. The summed E-state index contributed by atoms with van der Waals surface area (Å²) in [5, 5.41) is 0. The van der Waals surface area contributed by atoms with Crippen molar-refractivity contribution in [2.45, 2.75) is 29.4 Å². The van der Waals surface area contributed by atoms with Crippen molar-refractivity contribution in [3.8, 4) is 5.75 Å². The Morgan fingerprint density at radius 1 is 0.962 bits per heavy atom. The van der Waals surface area contributed by atoms with Crippen LogP contribution in [0.25, 0.3) is 6.08 Å². The number of ether oxygens (including phenoxy) is 3. The zero-order valence-electron chi connectivity index (χ0n) is 14.6. The van der Waals surface area contributed by atoms with E-state index in [4.69, 9.17) is 14.2 Å². The van der Waals surface area contributed by atoms with E-state index in [2.05, 4.69) is 0 Å². The van der Waals surface area contributed by atoms with Gasteiger partial charge in [-0.25, -0.2) is 9.59 Å². The fourth-order valence-electron chi connectivity index (χ4n) is 2.40. The summed E-state index contributed by atoms with van der Waals surface area (Å²) in [4.78, 5) is 26.2. The molecule has 26 heavy (non-hydrogen) atoms. The van der Waals surface area contributed by atoms with Gasteiger partial charge in [0.25, 0.3) is 5.79 Å². The maximum absolute atomic E-state index is 12.2. The minimum atomic E-state index is -1.25. The molecule has 2 aromatic carbocycles. The van der Waals surface area contributed by atoms with Crippen molar-refractivity contribution < 1.29 is 23.8 Å². The molecule has 1 aliphatic heterocycles. The number of carbonyl (C=O) groups excluding carboxylic acids is 2. The molecule has 0 amide bonds. The van der Waals surface area contributed by atoms with Crippen molar-refractivity contribution >= 4 is 29.8 Å². The molecule has 1 aliphatic rings. The third-order valence-corrected chi connectivity index (χ3v) is 4.72. The zero-order valence-corrected chi connectivity index (χ0v) is 15.5. The van der Waals surface area contributed by atoms with Gasteiger partial charge in [-0.3, -0.25) is 0 Å². The average Bonchev–Trinajstić information content (AvgIpc) is 2.59. The van der Waals surface area contributed by atoms with Crippen LogP contribution in [-0.4, -0.2) is 24.8 Å². The predicted molar refractivity (Wildman–Crippen MR) is 97.8 cm³/mol. The minimum absolute atomic E-state index is 0.118. The summed E-state index contributed by atoms with van der Waals surface area (Å²) in [6.07, 6.45) is 1.51. The largest absolute Gasteiger partial charge is 0.497 e. The molecule has 0 atom stereocenters. The molecule has 0 bridgehead atoms. The van der Waals surface area contributed by atoms with E-state index in [9.17, 15) is 9.59 Å². The first-order valence-corrected chi connectivity index (χ1v) is 8.79. The second-order valence-electron chi connectivity index (χ2n) is 6.05. The highest BCUT2D eigenvalue weighted by atomic mass is 32.2. The summed E-state index contributed by atoms with van der Waals surface area (Å²) >= 11 is 1.52. The number of methoxy groups -OCH3 is 1. The van der Waals surface area contributed by atoms with Crippen LogP contribution >= 0.6 is 11.8 Å². The van der Waals surface area contributed by atoms with E-state index >= 15 is 0 Å². The van der Waals surface area contributed by atoms with Crippen LogP contribution in [0.4, 0.5) is 0 Å². The Labute approximate surface area is 155 Å². The standard InChI is InChI=1S/C20H18O5S/c1-20(2)24-18(21)16(19(22)25-20)12-13-6-4-5-7-17(13)26-15-10-8-14(23-3)9-11-15/h4-12H,1-3H3. The molecule has 0 aromatic heterocycles. The molecule has 5 nitrogen and oxygen atoms in total. The first-order valence-electron chi connectivity index (χ1n) is 7.97. The van der Waals surface area contributed by atoms with Gasteiger partial charge in [0, 0.05) is 23.6 Å². The lowest BCUT2D eigenvalue weighted by Gasteiger charge is -2.29. The van der Waals surface area contributed by atoms with E-state index in [1.807, 2.05) is 48.5 Å². The van der Waals surface area contributed by atoms with Crippen molar-refractivity contribution in [1.82, 2.24) is 0 Å². The lowest BCUT2D eigenvalue weighted by atomic mass is 10.1. The van der Waals surface area contributed by atoms with Gasteiger partial charge in [-0.15, -0.1) is 0 Å². The summed E-state index contributed by atoms with van der Waals surface area (Å²) in [5.74, 6) is -1.84. The highest BCUT2D eigenvalue weighted by Crippen LogP contribution is 2.33. The smallest absolute Gasteiger partial charge is 0.348 e. The molecule has 0 radical (unpaired) electrons. The first-order chi connectivity index (χ1) is 12.4. The second-order valence-corrected chi connectivity index (χ2v) is 7.17. The number of hydrogen-bond donors (Lipinski definition) is 0. The summed E-state index contributed by atoms with van der Waals surface area (Å²) in [6, 6.07) is 15.1. The summed E-state index contributed by atoms with van der Waals surface area (Å²) < 4.78 is 15.4. The van der Waals surface area contributed by atoms with E-state index in [-0.39, 0.29) is 5.57 Å². The SMILES string of the molecule is COc1ccc(Sc2ccccc2C=C2C(=O)OC(C)(C)OC2=O)cc1. The highest BCUT2D eigenvalue weighted by molar-refractivity contribution is 7.99. The number of esters is 2. The lowest BCUT2D eigenvalue weighted by molar-refractivity contribution is -0.222. The third kappa shape index (κ3) is 4.08. The maximum atomic E-state index is 12.2. The van der Waals surface area contributed by atoms with Crippen molar-refractivity contribution in [2.75, 3.05) is 7.11 Å². The predicted octanol–water partition coefficient (Wildman–Crippen LogP) is 4.07. The van der Waals surface area contributed by atoms with Gasteiger partial charge < -0.3 is 14.2 Å². The molecule has 0 saturated carbocycles. The Kier molecular flexibility index (Phi) is 5.04. The van der Waals surface area contributed by atoms with Crippen LogP contribution in [0, 0.1) is 0 Å². The molecule has 6 heteroatoms. The first kappa shape index (κ1) is 18.1. The summed E-state index contributed by atoms with van der Waals surface area (Å²) in [6.45, 7) is 3.04. The van der Waals surface area contributed by atoms with Crippen LogP contribution < -0.4 is 4.74 Å². The molecular weight excluding hydrogens is 352 g/mol. The monoisotopic (exact) mass is 370 g/mol. The van der Waals surface area contributed by atoms with Crippen LogP contribution in [-0.2, 0) is 19.1 Å². The van der Waals surface area contributed by atoms with Gasteiger partial charge in [0.1, 0.15) is 11.3 Å². The third-order valence-electron chi connectivity index (χ3n) is 3.62.